The lowest BCUT2D eigenvalue weighted by Crippen LogP contribution is -2.30. The van der Waals surface area contributed by atoms with Gasteiger partial charge in [0.2, 0.25) is 11.8 Å². The summed E-state index contributed by atoms with van der Waals surface area (Å²) in [6, 6.07) is 15.8. The lowest BCUT2D eigenvalue weighted by atomic mass is 9.98. The van der Waals surface area contributed by atoms with Crippen LogP contribution in [0.5, 0.6) is 0 Å². The van der Waals surface area contributed by atoms with Gasteiger partial charge in [-0.05, 0) is 55.5 Å². The zero-order valence-electron chi connectivity index (χ0n) is 14.9. The van der Waals surface area contributed by atoms with E-state index in [9.17, 15) is 9.59 Å². The number of hydrogen-bond donors (Lipinski definition) is 0. The number of hydrogen-bond acceptors (Lipinski definition) is 3. The van der Waals surface area contributed by atoms with E-state index in [1.165, 1.54) is 16.2 Å². The minimum absolute atomic E-state index is 0.0581. The largest absolute Gasteiger partial charge is 0.274 e. The van der Waals surface area contributed by atoms with Crippen LogP contribution >= 0.6 is 0 Å². The van der Waals surface area contributed by atoms with Gasteiger partial charge >= 0.3 is 0 Å². The molecular formula is C22H22N2O2. The maximum atomic E-state index is 12.7. The van der Waals surface area contributed by atoms with Gasteiger partial charge in [-0.15, -0.1) is 0 Å². The van der Waals surface area contributed by atoms with Gasteiger partial charge in [-0.3, -0.25) is 19.5 Å². The van der Waals surface area contributed by atoms with Crippen LogP contribution in [0.1, 0.15) is 36.8 Å². The predicted octanol–water partition coefficient (Wildman–Crippen LogP) is 4.37. The van der Waals surface area contributed by atoms with E-state index < -0.39 is 0 Å². The van der Waals surface area contributed by atoms with Gasteiger partial charge in [-0.2, -0.15) is 0 Å². The Morgan fingerprint density at radius 3 is 2.77 bits per heavy atom. The molecule has 0 radical (unpaired) electrons. The van der Waals surface area contributed by atoms with Gasteiger partial charge in [0.15, 0.2) is 0 Å². The average Bonchev–Trinajstić information content (AvgIpc) is 3.15. The van der Waals surface area contributed by atoms with Crippen LogP contribution in [0.15, 0.2) is 53.5 Å². The van der Waals surface area contributed by atoms with Crippen molar-refractivity contribution in [3.05, 3.63) is 59.7 Å². The second-order valence-electron chi connectivity index (χ2n) is 7.18. The van der Waals surface area contributed by atoms with Crippen LogP contribution in [0.3, 0.4) is 0 Å². The summed E-state index contributed by atoms with van der Waals surface area (Å²) in [5.41, 5.74) is 5.27. The maximum Gasteiger partial charge on any atom is 0.237 e. The molecule has 1 fully saturated rings. The van der Waals surface area contributed by atoms with Crippen LogP contribution in [0.4, 0.5) is 11.4 Å². The standard InChI is InChI=1S/C22H22N2O2/c1-15-6-4-10-19(12-15)24-21(25)14-17(22(24)26)8-5-9-18-13-16-7-2-3-11-20(16)23-18/h2-4,6-7,10-12,17H,5,8-9,13-14H2,1H3. The van der Waals surface area contributed by atoms with Crippen LogP contribution in [-0.4, -0.2) is 17.5 Å². The number of carbonyl (C=O) groups is 2. The summed E-state index contributed by atoms with van der Waals surface area (Å²) in [5, 5.41) is 0. The molecule has 26 heavy (non-hydrogen) atoms. The highest BCUT2D eigenvalue weighted by Crippen LogP contribution is 2.31. The van der Waals surface area contributed by atoms with E-state index in [0.717, 1.165) is 36.9 Å². The third-order valence-corrected chi connectivity index (χ3v) is 5.18. The Bertz CT molecular complexity index is 901. The number of benzene rings is 2. The molecule has 0 spiro atoms. The predicted molar refractivity (Wildman–Crippen MR) is 103 cm³/mol. The Hall–Kier alpha value is -2.75. The van der Waals surface area contributed by atoms with Crippen molar-refractivity contribution in [3.63, 3.8) is 0 Å². The summed E-state index contributed by atoms with van der Waals surface area (Å²) in [4.78, 5) is 31.1. The molecule has 2 heterocycles. The zero-order chi connectivity index (χ0) is 18.1. The first-order valence-corrected chi connectivity index (χ1v) is 9.19. The fraction of sp³-hybridized carbons (Fsp3) is 0.318. The van der Waals surface area contributed by atoms with Crippen molar-refractivity contribution in [1.82, 2.24) is 0 Å². The second-order valence-corrected chi connectivity index (χ2v) is 7.18. The number of imide groups is 1. The van der Waals surface area contributed by atoms with Gasteiger partial charge in [0.25, 0.3) is 0 Å². The first-order valence-electron chi connectivity index (χ1n) is 9.19. The topological polar surface area (TPSA) is 49.7 Å². The van der Waals surface area contributed by atoms with Crippen LogP contribution < -0.4 is 4.90 Å². The molecular weight excluding hydrogens is 324 g/mol. The summed E-state index contributed by atoms with van der Waals surface area (Å²) in [6.45, 7) is 1.96. The maximum absolute atomic E-state index is 12.7. The fourth-order valence-electron chi connectivity index (χ4n) is 3.85. The van der Waals surface area contributed by atoms with Gasteiger partial charge in [-0.25, -0.2) is 0 Å². The van der Waals surface area contributed by atoms with Gasteiger partial charge in [0.05, 0.1) is 11.4 Å². The lowest BCUT2D eigenvalue weighted by Gasteiger charge is -2.15. The Balaban J connectivity index is 1.35. The summed E-state index contributed by atoms with van der Waals surface area (Å²) >= 11 is 0. The molecule has 2 amide bonds. The van der Waals surface area contributed by atoms with E-state index in [1.54, 1.807) is 0 Å². The number of para-hydroxylation sites is 1. The van der Waals surface area contributed by atoms with E-state index in [1.807, 2.05) is 49.4 Å². The quantitative estimate of drug-likeness (QED) is 0.755. The molecule has 1 saturated heterocycles. The van der Waals surface area contributed by atoms with E-state index in [0.29, 0.717) is 12.1 Å². The van der Waals surface area contributed by atoms with Crippen LogP contribution in [-0.2, 0) is 16.0 Å². The third kappa shape index (κ3) is 3.19. The van der Waals surface area contributed by atoms with Crippen LogP contribution in [0, 0.1) is 12.8 Å². The molecule has 0 bridgehead atoms. The Morgan fingerprint density at radius 1 is 1.12 bits per heavy atom. The number of rotatable bonds is 5. The zero-order valence-corrected chi connectivity index (χ0v) is 14.9. The first-order chi connectivity index (χ1) is 12.6. The molecule has 2 aromatic rings. The molecule has 0 N–H and O–H groups in total. The van der Waals surface area contributed by atoms with Crippen molar-refractivity contribution in [1.29, 1.82) is 0 Å². The Labute approximate surface area is 153 Å². The number of anilines is 1. The molecule has 2 aliphatic rings. The number of nitrogens with zero attached hydrogens (tertiary/aromatic N) is 2. The van der Waals surface area contributed by atoms with Gasteiger partial charge in [-0.1, -0.05) is 30.3 Å². The number of aliphatic imine (C=N–C) groups is 1. The smallest absolute Gasteiger partial charge is 0.237 e. The highest BCUT2D eigenvalue weighted by Gasteiger charge is 2.39. The van der Waals surface area contributed by atoms with Crippen LogP contribution in [0.25, 0.3) is 0 Å². The molecule has 0 aromatic heterocycles. The van der Waals surface area contributed by atoms with Crippen molar-refractivity contribution in [3.8, 4) is 0 Å². The van der Waals surface area contributed by atoms with Crippen molar-refractivity contribution < 1.29 is 9.59 Å². The lowest BCUT2D eigenvalue weighted by molar-refractivity contribution is -0.122. The summed E-state index contributed by atoms with van der Waals surface area (Å²) in [6.07, 6.45) is 3.74. The van der Waals surface area contributed by atoms with E-state index in [2.05, 4.69) is 11.1 Å². The van der Waals surface area contributed by atoms with E-state index in [4.69, 9.17) is 0 Å². The van der Waals surface area contributed by atoms with Gasteiger partial charge in [0.1, 0.15) is 0 Å². The Kier molecular flexibility index (Phi) is 4.41. The van der Waals surface area contributed by atoms with Gasteiger partial charge in [0, 0.05) is 24.5 Å². The normalized spacial score (nSPS) is 19.0. The molecule has 0 saturated carbocycles. The van der Waals surface area contributed by atoms with Gasteiger partial charge < -0.3 is 0 Å². The molecule has 2 aromatic carbocycles. The molecule has 1 unspecified atom stereocenters. The monoisotopic (exact) mass is 346 g/mol. The molecule has 4 rings (SSSR count). The molecule has 4 nitrogen and oxygen atoms in total. The van der Waals surface area contributed by atoms with Crippen molar-refractivity contribution in [2.75, 3.05) is 4.90 Å². The highest BCUT2D eigenvalue weighted by atomic mass is 16.2. The fourth-order valence-corrected chi connectivity index (χ4v) is 3.85. The molecule has 1 atom stereocenters. The molecule has 0 aliphatic carbocycles. The van der Waals surface area contributed by atoms with Crippen molar-refractivity contribution in [2.24, 2.45) is 10.9 Å². The number of amides is 2. The number of aryl methyl sites for hydroxylation is 1. The number of carbonyl (C=O) groups excluding carboxylic acids is 2. The minimum atomic E-state index is -0.201. The van der Waals surface area contributed by atoms with Crippen LogP contribution in [0.2, 0.25) is 0 Å². The Morgan fingerprint density at radius 2 is 1.96 bits per heavy atom. The molecule has 2 aliphatic heterocycles. The minimum Gasteiger partial charge on any atom is -0.274 e. The van der Waals surface area contributed by atoms with E-state index >= 15 is 0 Å². The average molecular weight is 346 g/mol. The summed E-state index contributed by atoms with van der Waals surface area (Å²) < 4.78 is 0. The summed E-state index contributed by atoms with van der Waals surface area (Å²) in [5.74, 6) is -0.346. The first kappa shape index (κ1) is 16.7. The SMILES string of the molecule is Cc1cccc(N2C(=O)CC(CCCC3=Nc4ccccc4C3)C2=O)c1. The number of fused-ring (bicyclic) bond motifs is 1. The molecule has 4 heteroatoms. The van der Waals surface area contributed by atoms with Crippen molar-refractivity contribution >= 4 is 28.9 Å². The van der Waals surface area contributed by atoms with Crippen molar-refractivity contribution in [2.45, 2.75) is 39.0 Å². The highest BCUT2D eigenvalue weighted by molar-refractivity contribution is 6.20. The van der Waals surface area contributed by atoms with E-state index in [-0.39, 0.29) is 17.7 Å². The summed E-state index contributed by atoms with van der Waals surface area (Å²) in [7, 11) is 0. The second kappa shape index (κ2) is 6.87. The molecule has 132 valence electrons. The third-order valence-electron chi connectivity index (χ3n) is 5.18.